The highest BCUT2D eigenvalue weighted by atomic mass is 32.2. The van der Waals surface area contributed by atoms with Crippen molar-refractivity contribution in [2.24, 2.45) is 0 Å². The first kappa shape index (κ1) is 25.2. The summed E-state index contributed by atoms with van der Waals surface area (Å²) in [7, 11) is -3.20. The third-order valence-corrected chi connectivity index (χ3v) is 7.77. The molecule has 0 bridgehead atoms. The second-order valence-corrected chi connectivity index (χ2v) is 11.7. The number of nitrogens with one attached hydrogen (secondary N) is 4. The third-order valence-electron chi connectivity index (χ3n) is 5.94. The van der Waals surface area contributed by atoms with Crippen molar-refractivity contribution in [3.8, 4) is 0 Å². The molecule has 4 aromatic rings. The van der Waals surface area contributed by atoms with E-state index in [9.17, 15) is 13.2 Å². The molecular weight excluding hydrogens is 480 g/mol. The number of fused-ring (bicyclic) bond motifs is 2. The minimum Gasteiger partial charge on any atom is -0.384 e. The second-order valence-electron chi connectivity index (χ2n) is 8.83. The lowest BCUT2D eigenvalue weighted by Gasteiger charge is -2.18. The Balaban J connectivity index is 1.43. The minimum atomic E-state index is -3.20. The minimum absolute atomic E-state index is 0.0426. The van der Waals surface area contributed by atoms with Crippen LogP contribution < -0.4 is 15.4 Å². The highest BCUT2D eigenvalue weighted by Crippen LogP contribution is 2.29. The van der Waals surface area contributed by atoms with Gasteiger partial charge in [-0.05, 0) is 48.1 Å². The number of para-hydroxylation sites is 1. The molecule has 9 heteroatoms. The molecule has 0 saturated heterocycles. The van der Waals surface area contributed by atoms with Gasteiger partial charge in [0.15, 0.2) is 0 Å². The van der Waals surface area contributed by atoms with E-state index < -0.39 is 10.0 Å². The number of amides is 1. The quantitative estimate of drug-likeness (QED) is 0.203. The molecule has 35 heavy (non-hydrogen) atoms. The normalized spacial score (nSPS) is 12.7. The Morgan fingerprint density at radius 1 is 1.11 bits per heavy atom. The fraction of sp³-hybridized carbons (Fsp3) is 0.346. The van der Waals surface area contributed by atoms with Crippen molar-refractivity contribution in [2.45, 2.75) is 38.6 Å². The van der Waals surface area contributed by atoms with Crippen molar-refractivity contribution in [1.29, 1.82) is 0 Å². The molecule has 4 rings (SSSR count). The summed E-state index contributed by atoms with van der Waals surface area (Å²) < 4.78 is 25.9. The lowest BCUT2D eigenvalue weighted by atomic mass is 10.0. The summed E-state index contributed by atoms with van der Waals surface area (Å²) in [6.07, 6.45) is 7.06. The van der Waals surface area contributed by atoms with Gasteiger partial charge < -0.3 is 15.6 Å². The molecule has 0 saturated carbocycles. The molecule has 0 spiro atoms. The van der Waals surface area contributed by atoms with Crippen LogP contribution in [0.2, 0.25) is 0 Å². The lowest BCUT2D eigenvalue weighted by Crippen LogP contribution is -2.36. The van der Waals surface area contributed by atoms with Gasteiger partial charge in [0.1, 0.15) is 0 Å². The first-order chi connectivity index (χ1) is 16.8. The monoisotopic (exact) mass is 512 g/mol. The Labute approximate surface area is 210 Å². The van der Waals surface area contributed by atoms with Gasteiger partial charge in [-0.3, -0.25) is 4.79 Å². The van der Waals surface area contributed by atoms with E-state index in [0.717, 1.165) is 53.2 Å². The molecule has 2 heterocycles. The Morgan fingerprint density at radius 2 is 1.94 bits per heavy atom. The number of thiophene rings is 1. The number of anilines is 1. The van der Waals surface area contributed by atoms with Gasteiger partial charge in [-0.1, -0.05) is 44.0 Å². The van der Waals surface area contributed by atoms with Crippen LogP contribution >= 0.6 is 11.3 Å². The Hall–Kier alpha value is -2.88. The number of unbranched alkanes of at least 4 members (excludes halogenated alkanes) is 1. The summed E-state index contributed by atoms with van der Waals surface area (Å²) in [4.78, 5) is 17.2. The molecule has 4 N–H and O–H groups in total. The molecular formula is C26H32N4O3S2. The number of benzene rings is 2. The maximum Gasteiger partial charge on any atom is 0.261 e. The standard InChI is InChI=1S/C26H32N4O3S2/c1-3-4-7-21(14-19-17-28-23-9-6-5-8-22(19)23)30-26(31)25-15-18-10-11-20(16-24(18)34-25)27-12-13-29-35(2,32)33/h5-6,8-11,15-17,21,27-29H,3-4,7,12-14H2,1-2H3,(H,30,31). The highest BCUT2D eigenvalue weighted by Gasteiger charge is 2.18. The van der Waals surface area contributed by atoms with E-state index in [0.29, 0.717) is 18.0 Å². The lowest BCUT2D eigenvalue weighted by molar-refractivity contribution is 0.0938. The van der Waals surface area contributed by atoms with Crippen LogP contribution in [0.25, 0.3) is 21.0 Å². The molecule has 0 aliphatic rings. The largest absolute Gasteiger partial charge is 0.384 e. The van der Waals surface area contributed by atoms with Crippen molar-refractivity contribution < 1.29 is 13.2 Å². The summed E-state index contributed by atoms with van der Waals surface area (Å²) in [6, 6.07) is 16.2. The van der Waals surface area contributed by atoms with E-state index >= 15 is 0 Å². The van der Waals surface area contributed by atoms with Crippen molar-refractivity contribution in [2.75, 3.05) is 24.7 Å². The van der Waals surface area contributed by atoms with Crippen molar-refractivity contribution in [1.82, 2.24) is 15.0 Å². The summed E-state index contributed by atoms with van der Waals surface area (Å²) in [6.45, 7) is 2.95. The van der Waals surface area contributed by atoms with E-state index in [1.807, 2.05) is 36.4 Å². The number of aromatic amines is 1. The van der Waals surface area contributed by atoms with Gasteiger partial charge >= 0.3 is 0 Å². The predicted octanol–water partition coefficient (Wildman–Crippen LogP) is 4.88. The molecule has 7 nitrogen and oxygen atoms in total. The molecule has 2 aromatic heterocycles. The number of hydrogen-bond donors (Lipinski definition) is 4. The molecule has 0 aliphatic heterocycles. The molecule has 2 aromatic carbocycles. The van der Waals surface area contributed by atoms with Crippen LogP contribution in [0.4, 0.5) is 5.69 Å². The van der Waals surface area contributed by atoms with Crippen LogP contribution in [0, 0.1) is 0 Å². The molecule has 0 radical (unpaired) electrons. The molecule has 1 unspecified atom stereocenters. The number of carbonyl (C=O) groups is 1. The Bertz CT molecular complexity index is 1410. The summed E-state index contributed by atoms with van der Waals surface area (Å²) >= 11 is 1.47. The number of rotatable bonds is 12. The Morgan fingerprint density at radius 3 is 2.74 bits per heavy atom. The molecule has 0 aliphatic carbocycles. The smallest absolute Gasteiger partial charge is 0.261 e. The van der Waals surface area contributed by atoms with E-state index in [2.05, 4.69) is 45.6 Å². The van der Waals surface area contributed by atoms with E-state index in [4.69, 9.17) is 0 Å². The highest BCUT2D eigenvalue weighted by molar-refractivity contribution is 7.88. The van der Waals surface area contributed by atoms with Gasteiger partial charge in [0.25, 0.3) is 5.91 Å². The summed E-state index contributed by atoms with van der Waals surface area (Å²) in [5, 5.41) is 8.72. The zero-order valence-corrected chi connectivity index (χ0v) is 21.7. The van der Waals surface area contributed by atoms with Crippen LogP contribution in [0.5, 0.6) is 0 Å². The fourth-order valence-corrected chi connectivity index (χ4v) is 5.67. The van der Waals surface area contributed by atoms with Gasteiger partial charge in [-0.25, -0.2) is 13.1 Å². The van der Waals surface area contributed by atoms with E-state index in [-0.39, 0.29) is 11.9 Å². The zero-order chi connectivity index (χ0) is 24.8. The maximum atomic E-state index is 13.2. The van der Waals surface area contributed by atoms with Crippen LogP contribution in [0.15, 0.2) is 54.7 Å². The number of carbonyl (C=O) groups excluding carboxylic acids is 1. The first-order valence-corrected chi connectivity index (χ1v) is 14.6. The van der Waals surface area contributed by atoms with Crippen molar-refractivity contribution in [3.63, 3.8) is 0 Å². The summed E-state index contributed by atoms with van der Waals surface area (Å²) in [5.74, 6) is -0.0426. The van der Waals surface area contributed by atoms with E-state index in [1.165, 1.54) is 22.3 Å². The fourth-order valence-electron chi connectivity index (χ4n) is 4.19. The van der Waals surface area contributed by atoms with E-state index in [1.54, 1.807) is 0 Å². The number of aromatic nitrogens is 1. The average Bonchev–Trinajstić information content (AvgIpc) is 3.44. The maximum absolute atomic E-state index is 13.2. The van der Waals surface area contributed by atoms with Crippen LogP contribution in [-0.2, 0) is 16.4 Å². The zero-order valence-electron chi connectivity index (χ0n) is 20.1. The van der Waals surface area contributed by atoms with Gasteiger partial charge in [0.2, 0.25) is 10.0 Å². The van der Waals surface area contributed by atoms with Crippen LogP contribution in [-0.4, -0.2) is 44.7 Å². The topological polar surface area (TPSA) is 103 Å². The molecule has 186 valence electrons. The second kappa shape index (κ2) is 11.2. The van der Waals surface area contributed by atoms with Crippen LogP contribution in [0.1, 0.15) is 41.4 Å². The molecule has 1 atom stereocenters. The van der Waals surface area contributed by atoms with Gasteiger partial charge in [-0.15, -0.1) is 11.3 Å². The average molecular weight is 513 g/mol. The predicted molar refractivity (Wildman–Crippen MR) is 146 cm³/mol. The summed E-state index contributed by atoms with van der Waals surface area (Å²) in [5.41, 5.74) is 3.23. The number of H-pyrrole nitrogens is 1. The van der Waals surface area contributed by atoms with Crippen molar-refractivity contribution >= 4 is 53.9 Å². The molecule has 1 amide bonds. The van der Waals surface area contributed by atoms with Crippen molar-refractivity contribution in [3.05, 3.63) is 65.2 Å². The first-order valence-electron chi connectivity index (χ1n) is 11.9. The Kier molecular flexibility index (Phi) is 8.10. The van der Waals surface area contributed by atoms with Gasteiger partial charge in [-0.2, -0.15) is 0 Å². The van der Waals surface area contributed by atoms with Gasteiger partial charge in [0, 0.05) is 46.6 Å². The number of sulfonamides is 1. The van der Waals surface area contributed by atoms with Gasteiger partial charge in [0.05, 0.1) is 11.1 Å². The molecule has 0 fully saturated rings. The SMILES string of the molecule is CCCCC(Cc1c[nH]c2ccccc12)NC(=O)c1cc2ccc(NCCNS(C)(=O)=O)cc2s1. The van der Waals surface area contributed by atoms with Crippen LogP contribution in [0.3, 0.4) is 0 Å². The third kappa shape index (κ3) is 6.84. The number of hydrogen-bond acceptors (Lipinski definition) is 5.